The third kappa shape index (κ3) is 4.81. The molecule has 0 spiro atoms. The highest BCUT2D eigenvalue weighted by Crippen LogP contribution is 2.21. The largest absolute Gasteiger partial charge is 0.311 e. The van der Waals surface area contributed by atoms with Crippen molar-refractivity contribution in [3.63, 3.8) is 0 Å². The van der Waals surface area contributed by atoms with Gasteiger partial charge < -0.3 is 15.1 Å². The first-order valence-electron chi connectivity index (χ1n) is 6.50. The van der Waals surface area contributed by atoms with Crippen LogP contribution in [-0.2, 0) is 0 Å². The molecule has 1 rings (SSSR count). The van der Waals surface area contributed by atoms with Gasteiger partial charge in [0.1, 0.15) is 0 Å². The second-order valence-corrected chi connectivity index (χ2v) is 6.33. The van der Waals surface area contributed by atoms with E-state index in [-0.39, 0.29) is 0 Å². The summed E-state index contributed by atoms with van der Waals surface area (Å²) in [4.78, 5) is 4.87. The second kappa shape index (κ2) is 5.99. The molecule has 0 saturated carbocycles. The van der Waals surface area contributed by atoms with E-state index in [2.05, 4.69) is 50.0 Å². The number of nitrogens with zero attached hydrogens (tertiary/aromatic N) is 2. The maximum atomic E-state index is 3.64. The van der Waals surface area contributed by atoms with Crippen LogP contribution in [0.4, 0.5) is 0 Å². The van der Waals surface area contributed by atoms with Crippen molar-refractivity contribution < 1.29 is 0 Å². The van der Waals surface area contributed by atoms with Gasteiger partial charge in [0.25, 0.3) is 0 Å². The van der Waals surface area contributed by atoms with Crippen LogP contribution in [0, 0.1) is 5.41 Å². The Labute approximate surface area is 101 Å². The topological polar surface area (TPSA) is 18.5 Å². The molecule has 0 radical (unpaired) electrons. The van der Waals surface area contributed by atoms with E-state index in [0.717, 1.165) is 6.54 Å². The molecule has 1 heterocycles. The third-order valence-corrected chi connectivity index (χ3v) is 3.38. The fraction of sp³-hybridized carbons (Fsp3) is 1.00. The van der Waals surface area contributed by atoms with Gasteiger partial charge in [-0.2, -0.15) is 0 Å². The van der Waals surface area contributed by atoms with E-state index in [1.54, 1.807) is 0 Å². The fourth-order valence-electron chi connectivity index (χ4n) is 2.20. The molecule has 1 saturated heterocycles. The molecule has 0 aliphatic carbocycles. The smallest absolute Gasteiger partial charge is 0.0244 e. The highest BCUT2D eigenvalue weighted by molar-refractivity contribution is 4.87. The lowest BCUT2D eigenvalue weighted by Crippen LogP contribution is -2.56. The molecule has 1 aliphatic heterocycles. The highest BCUT2D eigenvalue weighted by atomic mass is 15.2. The summed E-state index contributed by atoms with van der Waals surface area (Å²) in [6, 6.07) is 0.639. The summed E-state index contributed by atoms with van der Waals surface area (Å²) in [5, 5.41) is 3.64. The summed E-state index contributed by atoms with van der Waals surface area (Å²) in [5.41, 5.74) is 0.375. The van der Waals surface area contributed by atoms with Crippen LogP contribution in [0.25, 0.3) is 0 Å². The monoisotopic (exact) mass is 227 g/mol. The van der Waals surface area contributed by atoms with Crippen molar-refractivity contribution in [3.8, 4) is 0 Å². The SMILES string of the molecule is CN(C)CCCN1CCNC(C(C)(C)C)C1. The van der Waals surface area contributed by atoms with Crippen molar-refractivity contribution in [2.24, 2.45) is 5.41 Å². The molecule has 1 fully saturated rings. The van der Waals surface area contributed by atoms with Gasteiger partial charge in [0, 0.05) is 25.7 Å². The molecule has 1 aliphatic rings. The first kappa shape index (κ1) is 13.9. The normalized spacial score (nSPS) is 24.0. The molecular formula is C13H29N3. The lowest BCUT2D eigenvalue weighted by atomic mass is 9.85. The first-order chi connectivity index (χ1) is 7.39. The van der Waals surface area contributed by atoms with E-state index in [1.165, 1.54) is 32.6 Å². The number of hydrogen-bond acceptors (Lipinski definition) is 3. The number of rotatable bonds is 4. The number of nitrogens with one attached hydrogen (secondary N) is 1. The van der Waals surface area contributed by atoms with E-state index in [1.807, 2.05) is 0 Å². The number of hydrogen-bond donors (Lipinski definition) is 1. The molecule has 1 unspecified atom stereocenters. The summed E-state index contributed by atoms with van der Waals surface area (Å²) in [6.45, 7) is 13.0. The molecule has 3 heteroatoms. The molecule has 96 valence electrons. The molecule has 0 aromatic rings. The van der Waals surface area contributed by atoms with Crippen LogP contribution in [-0.4, -0.2) is 62.7 Å². The van der Waals surface area contributed by atoms with Crippen molar-refractivity contribution in [3.05, 3.63) is 0 Å². The van der Waals surface area contributed by atoms with Gasteiger partial charge in [-0.3, -0.25) is 0 Å². The van der Waals surface area contributed by atoms with Crippen LogP contribution in [0.1, 0.15) is 27.2 Å². The molecule has 16 heavy (non-hydrogen) atoms. The predicted molar refractivity (Wildman–Crippen MR) is 70.9 cm³/mol. The zero-order valence-corrected chi connectivity index (χ0v) is 11.7. The van der Waals surface area contributed by atoms with Crippen LogP contribution in [0.2, 0.25) is 0 Å². The first-order valence-corrected chi connectivity index (χ1v) is 6.50. The lowest BCUT2D eigenvalue weighted by molar-refractivity contribution is 0.131. The highest BCUT2D eigenvalue weighted by Gasteiger charge is 2.28. The molecule has 3 nitrogen and oxygen atoms in total. The van der Waals surface area contributed by atoms with E-state index in [4.69, 9.17) is 0 Å². The van der Waals surface area contributed by atoms with Gasteiger partial charge in [0.15, 0.2) is 0 Å². The van der Waals surface area contributed by atoms with Gasteiger partial charge in [0.2, 0.25) is 0 Å². The molecule has 0 bridgehead atoms. The van der Waals surface area contributed by atoms with Gasteiger partial charge in [-0.05, 0) is 39.0 Å². The van der Waals surface area contributed by atoms with Gasteiger partial charge in [-0.25, -0.2) is 0 Å². The van der Waals surface area contributed by atoms with E-state index in [9.17, 15) is 0 Å². The summed E-state index contributed by atoms with van der Waals surface area (Å²) in [5.74, 6) is 0. The Hall–Kier alpha value is -0.120. The molecule has 0 aromatic heterocycles. The molecule has 0 aromatic carbocycles. The Balaban J connectivity index is 2.28. The maximum Gasteiger partial charge on any atom is 0.0244 e. The van der Waals surface area contributed by atoms with Crippen LogP contribution < -0.4 is 5.32 Å². The van der Waals surface area contributed by atoms with Gasteiger partial charge in [0.05, 0.1) is 0 Å². The Morgan fingerprint density at radius 1 is 1.31 bits per heavy atom. The van der Waals surface area contributed by atoms with E-state index in [0.29, 0.717) is 11.5 Å². The molecular weight excluding hydrogens is 198 g/mol. The van der Waals surface area contributed by atoms with Crippen LogP contribution in [0.5, 0.6) is 0 Å². The Kier molecular flexibility index (Phi) is 5.22. The summed E-state index contributed by atoms with van der Waals surface area (Å²) >= 11 is 0. The van der Waals surface area contributed by atoms with Crippen LogP contribution in [0.3, 0.4) is 0 Å². The van der Waals surface area contributed by atoms with Crippen LogP contribution >= 0.6 is 0 Å². The van der Waals surface area contributed by atoms with Crippen molar-refractivity contribution in [1.29, 1.82) is 0 Å². The second-order valence-electron chi connectivity index (χ2n) is 6.33. The Morgan fingerprint density at radius 2 is 2.00 bits per heavy atom. The predicted octanol–water partition coefficient (Wildman–Crippen LogP) is 1.26. The van der Waals surface area contributed by atoms with Gasteiger partial charge in [-0.15, -0.1) is 0 Å². The Morgan fingerprint density at radius 3 is 2.56 bits per heavy atom. The molecule has 0 amide bonds. The zero-order valence-electron chi connectivity index (χ0n) is 11.7. The van der Waals surface area contributed by atoms with Gasteiger partial charge >= 0.3 is 0 Å². The van der Waals surface area contributed by atoms with Crippen molar-refractivity contribution in [2.45, 2.75) is 33.2 Å². The number of piperazine rings is 1. The standard InChI is InChI=1S/C13H29N3/c1-13(2,3)12-11-16(10-7-14-12)9-6-8-15(4)5/h12,14H,6-11H2,1-5H3. The van der Waals surface area contributed by atoms with Crippen molar-refractivity contribution >= 4 is 0 Å². The van der Waals surface area contributed by atoms with E-state index < -0.39 is 0 Å². The van der Waals surface area contributed by atoms with Crippen molar-refractivity contribution in [1.82, 2.24) is 15.1 Å². The quantitative estimate of drug-likeness (QED) is 0.780. The zero-order chi connectivity index (χ0) is 12.2. The average molecular weight is 227 g/mol. The average Bonchev–Trinajstić information content (AvgIpc) is 2.16. The van der Waals surface area contributed by atoms with Gasteiger partial charge in [-0.1, -0.05) is 20.8 Å². The van der Waals surface area contributed by atoms with E-state index >= 15 is 0 Å². The maximum absolute atomic E-state index is 3.64. The summed E-state index contributed by atoms with van der Waals surface area (Å²) in [6.07, 6.45) is 1.28. The minimum atomic E-state index is 0.375. The minimum absolute atomic E-state index is 0.375. The fourth-order valence-corrected chi connectivity index (χ4v) is 2.20. The van der Waals surface area contributed by atoms with Crippen LogP contribution in [0.15, 0.2) is 0 Å². The Bertz CT molecular complexity index is 196. The third-order valence-electron chi connectivity index (χ3n) is 3.38. The summed E-state index contributed by atoms with van der Waals surface area (Å²) < 4.78 is 0. The summed E-state index contributed by atoms with van der Waals surface area (Å²) in [7, 11) is 4.30. The molecule has 1 N–H and O–H groups in total. The minimum Gasteiger partial charge on any atom is -0.311 e. The molecule has 1 atom stereocenters. The van der Waals surface area contributed by atoms with Crippen molar-refractivity contribution in [2.75, 3.05) is 46.8 Å². The lowest BCUT2D eigenvalue weighted by Gasteiger charge is -2.40.